The van der Waals surface area contributed by atoms with E-state index < -0.39 is 40.1 Å². The van der Waals surface area contributed by atoms with Gasteiger partial charge in [-0.2, -0.15) is 0 Å². The average Bonchev–Trinajstić information content (AvgIpc) is 2.62. The van der Waals surface area contributed by atoms with E-state index in [1.807, 2.05) is 0 Å². The summed E-state index contributed by atoms with van der Waals surface area (Å²) in [5, 5.41) is 23.3. The third-order valence-corrected chi connectivity index (χ3v) is 3.42. The monoisotopic (exact) mass is 444 g/mol. The van der Waals surface area contributed by atoms with Crippen molar-refractivity contribution in [3.63, 3.8) is 0 Å². The Morgan fingerprint density at radius 2 is 1.71 bits per heavy atom. The van der Waals surface area contributed by atoms with Crippen LogP contribution in [0.5, 0.6) is 5.75 Å². The number of aliphatic carboxylic acids is 1. The van der Waals surface area contributed by atoms with Crippen molar-refractivity contribution < 1.29 is 63.4 Å². The topological polar surface area (TPSA) is 148 Å². The van der Waals surface area contributed by atoms with Crippen LogP contribution in [0.2, 0.25) is 0 Å². The fourth-order valence-electron chi connectivity index (χ4n) is 1.73. The van der Waals surface area contributed by atoms with Crippen LogP contribution in [0.4, 0.5) is 5.69 Å². The third kappa shape index (κ3) is 10.7. The van der Waals surface area contributed by atoms with Crippen LogP contribution < -0.4 is 44.7 Å². The number of carboxylic acids is 1. The van der Waals surface area contributed by atoms with Crippen LogP contribution >= 0.6 is 23.2 Å². The first-order valence-corrected chi connectivity index (χ1v) is 8.37. The maximum absolute atomic E-state index is 11.6. The number of carbonyl (C=O) groups is 3. The second-order valence-corrected chi connectivity index (χ2v) is 6.22. The molecule has 0 aromatic heterocycles. The number of nitrogens with zero attached hydrogens (tertiary/aromatic N) is 1. The number of non-ortho nitro benzene ring substituents is 1. The Kier molecular flexibility index (Phi) is 12.8. The van der Waals surface area contributed by atoms with Crippen molar-refractivity contribution in [3.8, 4) is 5.75 Å². The van der Waals surface area contributed by atoms with Crippen LogP contribution in [0.3, 0.4) is 0 Å². The van der Waals surface area contributed by atoms with Crippen molar-refractivity contribution in [2.24, 2.45) is 0 Å². The molecule has 1 unspecified atom stereocenters. The van der Waals surface area contributed by atoms with Gasteiger partial charge in [0.25, 0.3) is 11.6 Å². The van der Waals surface area contributed by atoms with E-state index in [2.05, 4.69) is 5.32 Å². The number of amides is 1. The van der Waals surface area contributed by atoms with E-state index in [1.165, 1.54) is 24.3 Å². The second-order valence-electron chi connectivity index (χ2n) is 5.12. The molecule has 0 saturated carbocycles. The molecule has 1 amide bonds. The fourth-order valence-corrected chi connectivity index (χ4v) is 1.85. The summed E-state index contributed by atoms with van der Waals surface area (Å²) < 4.78 is 10.3. The molecule has 0 aliphatic rings. The number of carbonyl (C=O) groups excluding carboxylic acids is 3. The van der Waals surface area contributed by atoms with Gasteiger partial charge in [-0.05, 0) is 18.6 Å². The van der Waals surface area contributed by atoms with Crippen LogP contribution in [-0.2, 0) is 19.1 Å². The normalized spacial score (nSPS) is 11.1. The van der Waals surface area contributed by atoms with E-state index in [0.717, 1.165) is 0 Å². The summed E-state index contributed by atoms with van der Waals surface area (Å²) >= 11 is 10.9. The van der Waals surface area contributed by atoms with Gasteiger partial charge >= 0.3 is 35.5 Å². The van der Waals surface area contributed by atoms with Gasteiger partial charge in [0.15, 0.2) is 4.84 Å². The van der Waals surface area contributed by atoms with Crippen molar-refractivity contribution >= 4 is 46.7 Å². The predicted octanol–water partition coefficient (Wildman–Crippen LogP) is -2.66. The molecule has 0 fully saturated rings. The Morgan fingerprint density at radius 3 is 2.21 bits per heavy atom. The molecule has 1 aromatic rings. The van der Waals surface area contributed by atoms with Gasteiger partial charge in [0, 0.05) is 18.1 Å². The fraction of sp³-hybridized carbons (Fsp3) is 0.400. The summed E-state index contributed by atoms with van der Waals surface area (Å²) in [7, 11) is 0. The molecule has 0 heterocycles. The van der Waals surface area contributed by atoms with Crippen LogP contribution in [0.25, 0.3) is 0 Å². The van der Waals surface area contributed by atoms with Gasteiger partial charge in [-0.3, -0.25) is 19.7 Å². The predicted molar refractivity (Wildman–Crippen MR) is 91.2 cm³/mol. The number of alkyl halides is 2. The van der Waals surface area contributed by atoms with E-state index in [1.54, 1.807) is 0 Å². The summed E-state index contributed by atoms with van der Waals surface area (Å²) in [6.45, 7) is -0.497. The van der Waals surface area contributed by atoms with Gasteiger partial charge in [0.2, 0.25) is 0 Å². The van der Waals surface area contributed by atoms with Gasteiger partial charge in [-0.15, -0.1) is 0 Å². The molecule has 10 nitrogen and oxygen atoms in total. The minimum absolute atomic E-state index is 0. The van der Waals surface area contributed by atoms with E-state index in [-0.39, 0.29) is 60.6 Å². The minimum Gasteiger partial charge on any atom is -0.550 e. The van der Waals surface area contributed by atoms with E-state index in [4.69, 9.17) is 32.7 Å². The number of nitro benzene ring substituents is 1. The van der Waals surface area contributed by atoms with E-state index >= 15 is 0 Å². The number of hydrogen-bond acceptors (Lipinski definition) is 8. The molecule has 0 aliphatic heterocycles. The average molecular weight is 445 g/mol. The van der Waals surface area contributed by atoms with E-state index in [0.29, 0.717) is 0 Å². The molecule has 0 bridgehead atoms. The van der Waals surface area contributed by atoms with Gasteiger partial charge in [0.05, 0.1) is 17.4 Å². The summed E-state index contributed by atoms with van der Waals surface area (Å²) in [5.74, 6) is -2.68. The van der Waals surface area contributed by atoms with Crippen LogP contribution in [-0.4, -0.2) is 46.9 Å². The number of rotatable bonds is 11. The summed E-state index contributed by atoms with van der Waals surface area (Å²) in [6.07, 6.45) is -0.888. The Hall–Kier alpha value is -1.59. The van der Waals surface area contributed by atoms with Crippen molar-refractivity contribution in [1.29, 1.82) is 0 Å². The molecule has 0 radical (unpaired) electrons. The molecule has 28 heavy (non-hydrogen) atoms. The van der Waals surface area contributed by atoms with Gasteiger partial charge in [-0.1, -0.05) is 23.2 Å². The Bertz CT molecular complexity index is 687. The number of ether oxygens (including phenoxy) is 2. The summed E-state index contributed by atoms with van der Waals surface area (Å²) in [4.78, 5) is 42.1. The number of halogens is 2. The maximum atomic E-state index is 11.6. The Morgan fingerprint density at radius 1 is 1.11 bits per heavy atom. The van der Waals surface area contributed by atoms with Crippen molar-refractivity contribution in [3.05, 3.63) is 34.4 Å². The molecule has 148 valence electrons. The number of hydrogen-bond donors (Lipinski definition) is 1. The number of nitro groups is 1. The first kappa shape index (κ1) is 26.4. The number of benzene rings is 1. The molecule has 13 heteroatoms. The maximum Gasteiger partial charge on any atom is 1.00 e. The molecule has 1 atom stereocenters. The van der Waals surface area contributed by atoms with Crippen molar-refractivity contribution in [2.45, 2.75) is 23.7 Å². The summed E-state index contributed by atoms with van der Waals surface area (Å²) in [6, 6.07) is 4.33. The molecule has 1 aromatic carbocycles. The molecule has 1 rings (SSSR count). The Labute approximate surface area is 191 Å². The number of nitrogens with one attached hydrogen (secondary N) is 1. The minimum atomic E-state index is -1.40. The SMILES string of the molecule is O=C([O-])CCC(=O)OCC(COc1ccc([N+](=O)[O-])cc1)NC(=O)C(Cl)Cl.[Na+]. The first-order valence-electron chi connectivity index (χ1n) is 7.50. The first-order chi connectivity index (χ1) is 12.7. The molecular weight excluding hydrogens is 430 g/mol. The van der Waals surface area contributed by atoms with Crippen molar-refractivity contribution in [2.75, 3.05) is 13.2 Å². The standard InChI is InChI=1S/C15H16Cl2N2O8.Na/c16-14(17)15(23)18-9(8-27-13(22)6-5-12(20)21)7-26-11-3-1-10(2-4-11)19(24)25;/h1-4,9,14H,5-8H2,(H,18,23)(H,20,21);/q;+1/p-1. The zero-order valence-electron chi connectivity index (χ0n) is 14.8. The van der Waals surface area contributed by atoms with Gasteiger partial charge in [-0.25, -0.2) is 0 Å². The zero-order chi connectivity index (χ0) is 20.4. The van der Waals surface area contributed by atoms with Crippen LogP contribution in [0, 0.1) is 10.1 Å². The molecule has 1 N–H and O–H groups in total. The van der Waals surface area contributed by atoms with Crippen LogP contribution in [0.1, 0.15) is 12.8 Å². The number of carboxylic acid groups (broad SMARTS) is 1. The molecule has 0 spiro atoms. The zero-order valence-corrected chi connectivity index (χ0v) is 18.3. The Balaban J connectivity index is 0.00000729. The van der Waals surface area contributed by atoms with Crippen molar-refractivity contribution in [1.82, 2.24) is 5.32 Å². The second kappa shape index (κ2) is 13.6. The van der Waals surface area contributed by atoms with Gasteiger partial charge < -0.3 is 24.7 Å². The molecule has 0 aliphatic carbocycles. The van der Waals surface area contributed by atoms with Gasteiger partial charge in [0.1, 0.15) is 19.0 Å². The van der Waals surface area contributed by atoms with Crippen LogP contribution in [0.15, 0.2) is 24.3 Å². The quantitative estimate of drug-likeness (QED) is 0.128. The smallest absolute Gasteiger partial charge is 0.550 e. The molecule has 0 saturated heterocycles. The molecular formula is C15H15Cl2N2NaO8. The summed E-state index contributed by atoms with van der Waals surface area (Å²) in [5.41, 5.74) is -0.124. The third-order valence-electron chi connectivity index (χ3n) is 3.02. The largest absolute Gasteiger partial charge is 1.00 e. The number of esters is 1. The van der Waals surface area contributed by atoms with E-state index in [9.17, 15) is 29.6 Å².